The highest BCUT2D eigenvalue weighted by molar-refractivity contribution is 8.00. The molecule has 1 rings (SSSR count). The molecule has 0 radical (unpaired) electrons. The van der Waals surface area contributed by atoms with E-state index in [1.54, 1.807) is 0 Å². The molecule has 0 unspecified atom stereocenters. The topological polar surface area (TPSA) is 70.6 Å². The maximum atomic E-state index is 8.51. The molecule has 82 valence electrons. The highest BCUT2D eigenvalue weighted by Crippen LogP contribution is 2.38. The van der Waals surface area contributed by atoms with Crippen LogP contribution < -0.4 is 11.2 Å². The Morgan fingerprint density at radius 1 is 1.50 bits per heavy atom. The van der Waals surface area contributed by atoms with Gasteiger partial charge in [0.1, 0.15) is 0 Å². The smallest absolute Gasteiger partial charge is 0.212 e. The van der Waals surface area contributed by atoms with Gasteiger partial charge in [0.05, 0.1) is 6.54 Å². The molecule has 1 saturated carbocycles. The summed E-state index contributed by atoms with van der Waals surface area (Å²) in [4.78, 5) is 4.12. The number of aliphatic imine (C=N–C) groups is 1. The van der Waals surface area contributed by atoms with Crippen molar-refractivity contribution in [3.8, 4) is 0 Å². The summed E-state index contributed by atoms with van der Waals surface area (Å²) in [5.74, 6) is 0.115. The summed E-state index contributed by atoms with van der Waals surface area (Å²) in [7, 11) is 0. The zero-order chi connectivity index (χ0) is 10.4. The number of thioether (sulfide) groups is 1. The van der Waals surface area contributed by atoms with Gasteiger partial charge in [0, 0.05) is 4.75 Å². The van der Waals surface area contributed by atoms with Gasteiger partial charge in [-0.2, -0.15) is 11.8 Å². The third kappa shape index (κ3) is 3.06. The predicted molar refractivity (Wildman–Crippen MR) is 60.7 cm³/mol. The van der Waals surface area contributed by atoms with Gasteiger partial charge in [-0.05, 0) is 19.1 Å². The Labute approximate surface area is 89.3 Å². The van der Waals surface area contributed by atoms with Crippen molar-refractivity contribution in [2.24, 2.45) is 10.7 Å². The molecular weight excluding hydrogens is 198 g/mol. The maximum Gasteiger partial charge on any atom is 0.212 e. The van der Waals surface area contributed by atoms with Crippen LogP contribution in [-0.2, 0) is 0 Å². The number of guanidine groups is 1. The molecule has 0 aromatic rings. The third-order valence-electron chi connectivity index (χ3n) is 2.85. The first-order valence-electron chi connectivity index (χ1n) is 4.98. The van der Waals surface area contributed by atoms with Crippen molar-refractivity contribution in [3.05, 3.63) is 0 Å². The lowest BCUT2D eigenvalue weighted by atomic mass is 9.88. The minimum Gasteiger partial charge on any atom is -0.368 e. The van der Waals surface area contributed by atoms with Crippen LogP contribution >= 0.6 is 11.8 Å². The SMILES string of the molecule is CSC1(CN=C(N)NO)CCCCC1. The van der Waals surface area contributed by atoms with Crippen LogP contribution in [0, 0.1) is 0 Å². The highest BCUT2D eigenvalue weighted by atomic mass is 32.2. The zero-order valence-corrected chi connectivity index (χ0v) is 9.44. The van der Waals surface area contributed by atoms with Crippen molar-refractivity contribution in [2.45, 2.75) is 36.9 Å². The Hall–Kier alpha value is -0.420. The first kappa shape index (κ1) is 11.7. The molecule has 0 bridgehead atoms. The minimum atomic E-state index is 0.115. The quantitative estimate of drug-likeness (QED) is 0.379. The largest absolute Gasteiger partial charge is 0.368 e. The Kier molecular flexibility index (Phi) is 4.54. The van der Waals surface area contributed by atoms with Gasteiger partial charge in [-0.1, -0.05) is 19.3 Å². The van der Waals surface area contributed by atoms with Crippen LogP contribution in [0.15, 0.2) is 4.99 Å². The molecule has 0 saturated heterocycles. The summed E-state index contributed by atoms with van der Waals surface area (Å²) in [5, 5.41) is 8.51. The highest BCUT2D eigenvalue weighted by Gasteiger charge is 2.30. The summed E-state index contributed by atoms with van der Waals surface area (Å²) >= 11 is 1.87. The van der Waals surface area contributed by atoms with Crippen molar-refractivity contribution in [2.75, 3.05) is 12.8 Å². The lowest BCUT2D eigenvalue weighted by Gasteiger charge is -2.34. The minimum absolute atomic E-state index is 0.115. The molecule has 4 N–H and O–H groups in total. The molecule has 1 aliphatic rings. The van der Waals surface area contributed by atoms with Gasteiger partial charge < -0.3 is 5.73 Å². The second-order valence-corrected chi connectivity index (χ2v) is 5.04. The van der Waals surface area contributed by atoms with E-state index in [1.165, 1.54) is 32.1 Å². The molecule has 14 heavy (non-hydrogen) atoms. The fourth-order valence-electron chi connectivity index (χ4n) is 1.89. The molecule has 5 heteroatoms. The second kappa shape index (κ2) is 5.46. The van der Waals surface area contributed by atoms with Gasteiger partial charge in [-0.15, -0.1) is 0 Å². The lowest BCUT2D eigenvalue weighted by Crippen LogP contribution is -2.35. The van der Waals surface area contributed by atoms with Crippen molar-refractivity contribution < 1.29 is 5.21 Å². The molecule has 4 nitrogen and oxygen atoms in total. The van der Waals surface area contributed by atoms with E-state index in [0.717, 1.165) is 0 Å². The summed E-state index contributed by atoms with van der Waals surface area (Å²) < 4.78 is 0.250. The van der Waals surface area contributed by atoms with Crippen LogP contribution in [0.1, 0.15) is 32.1 Å². The summed E-state index contributed by atoms with van der Waals surface area (Å²) in [6, 6.07) is 0. The van der Waals surface area contributed by atoms with Gasteiger partial charge in [0.25, 0.3) is 0 Å². The van der Waals surface area contributed by atoms with E-state index >= 15 is 0 Å². The van der Waals surface area contributed by atoms with E-state index in [1.807, 2.05) is 17.2 Å². The number of hydroxylamine groups is 1. The van der Waals surface area contributed by atoms with E-state index in [-0.39, 0.29) is 10.7 Å². The number of nitrogens with zero attached hydrogens (tertiary/aromatic N) is 1. The Bertz CT molecular complexity index is 202. The molecular formula is C9H19N3OS. The van der Waals surface area contributed by atoms with Crippen molar-refractivity contribution >= 4 is 17.7 Å². The van der Waals surface area contributed by atoms with E-state index in [4.69, 9.17) is 10.9 Å². The summed E-state index contributed by atoms with van der Waals surface area (Å²) in [5.41, 5.74) is 7.25. The average Bonchev–Trinajstić information content (AvgIpc) is 2.27. The van der Waals surface area contributed by atoms with Gasteiger partial charge in [-0.25, -0.2) is 5.48 Å². The fourth-order valence-corrected chi connectivity index (χ4v) is 2.78. The van der Waals surface area contributed by atoms with Crippen LogP contribution in [0.4, 0.5) is 0 Å². The van der Waals surface area contributed by atoms with Crippen molar-refractivity contribution in [1.29, 1.82) is 0 Å². The van der Waals surface area contributed by atoms with Crippen molar-refractivity contribution in [3.63, 3.8) is 0 Å². The van der Waals surface area contributed by atoms with Gasteiger partial charge >= 0.3 is 0 Å². The van der Waals surface area contributed by atoms with E-state index < -0.39 is 0 Å². The first-order valence-corrected chi connectivity index (χ1v) is 6.20. The molecule has 0 aliphatic heterocycles. The molecule has 1 aliphatic carbocycles. The predicted octanol–water partition coefficient (Wildman–Crippen LogP) is 1.35. The molecule has 0 atom stereocenters. The lowest BCUT2D eigenvalue weighted by molar-refractivity contribution is 0.232. The van der Waals surface area contributed by atoms with Crippen LogP contribution in [-0.4, -0.2) is 28.7 Å². The molecule has 0 aromatic heterocycles. The van der Waals surface area contributed by atoms with Gasteiger partial charge in [0.15, 0.2) is 0 Å². The first-order chi connectivity index (χ1) is 6.72. The molecule has 0 heterocycles. The molecule has 0 aromatic carbocycles. The number of hydrogen-bond acceptors (Lipinski definition) is 3. The van der Waals surface area contributed by atoms with Crippen LogP contribution in [0.2, 0.25) is 0 Å². The Morgan fingerprint density at radius 2 is 2.14 bits per heavy atom. The van der Waals surface area contributed by atoms with E-state index in [9.17, 15) is 0 Å². The fraction of sp³-hybridized carbons (Fsp3) is 0.889. The third-order valence-corrected chi connectivity index (χ3v) is 4.25. The normalized spacial score (nSPS) is 22.0. The number of rotatable bonds is 3. The van der Waals surface area contributed by atoms with Gasteiger partial charge in [-0.3, -0.25) is 10.2 Å². The Balaban J connectivity index is 2.52. The van der Waals surface area contributed by atoms with Crippen molar-refractivity contribution in [1.82, 2.24) is 5.48 Å². The zero-order valence-electron chi connectivity index (χ0n) is 8.62. The van der Waals surface area contributed by atoms with Crippen LogP contribution in [0.25, 0.3) is 0 Å². The monoisotopic (exact) mass is 217 g/mol. The summed E-state index contributed by atoms with van der Waals surface area (Å²) in [6.45, 7) is 0.702. The average molecular weight is 217 g/mol. The molecule has 0 amide bonds. The van der Waals surface area contributed by atoms with Gasteiger partial charge in [0.2, 0.25) is 5.96 Å². The van der Waals surface area contributed by atoms with E-state index in [0.29, 0.717) is 6.54 Å². The summed E-state index contributed by atoms with van der Waals surface area (Å²) in [6.07, 6.45) is 8.43. The van der Waals surface area contributed by atoms with E-state index in [2.05, 4.69) is 11.2 Å². The molecule has 0 spiro atoms. The van der Waals surface area contributed by atoms with Crippen LogP contribution in [0.5, 0.6) is 0 Å². The Morgan fingerprint density at radius 3 is 2.64 bits per heavy atom. The number of nitrogens with two attached hydrogens (primary N) is 1. The van der Waals surface area contributed by atoms with Crippen LogP contribution in [0.3, 0.4) is 0 Å². The maximum absolute atomic E-state index is 8.51. The number of nitrogens with one attached hydrogen (secondary N) is 1. The standard InChI is InChI=1S/C9H19N3OS/c1-14-9(5-3-2-4-6-9)7-11-8(10)12-13/h13H,2-7H2,1H3,(H3,10,11,12). The number of hydrogen-bond donors (Lipinski definition) is 3. The second-order valence-electron chi connectivity index (χ2n) is 3.76. The molecule has 1 fully saturated rings.